The lowest BCUT2D eigenvalue weighted by molar-refractivity contribution is -0.142. The van der Waals surface area contributed by atoms with E-state index in [1.807, 2.05) is 58.6 Å². The van der Waals surface area contributed by atoms with Crippen LogP contribution in [0.25, 0.3) is 28.0 Å². The summed E-state index contributed by atoms with van der Waals surface area (Å²) < 4.78 is 15.5. The van der Waals surface area contributed by atoms with Crippen LogP contribution in [0.3, 0.4) is 0 Å². The summed E-state index contributed by atoms with van der Waals surface area (Å²) >= 11 is 1.27. The summed E-state index contributed by atoms with van der Waals surface area (Å²) in [6.45, 7) is 2.97. The van der Waals surface area contributed by atoms with E-state index in [1.54, 1.807) is 18.3 Å². The molecule has 6 rings (SSSR count). The molecule has 1 fully saturated rings. The third kappa shape index (κ3) is 4.42. The minimum atomic E-state index is -0.776. The molecule has 0 spiro atoms. The number of carboxylic acid groups (broad SMARTS) is 1. The summed E-state index contributed by atoms with van der Waals surface area (Å²) in [5.74, 6) is 0.131. The van der Waals surface area contributed by atoms with Gasteiger partial charge in [-0.15, -0.1) is 0 Å². The lowest BCUT2D eigenvalue weighted by Crippen LogP contribution is -2.50. The van der Waals surface area contributed by atoms with Gasteiger partial charge < -0.3 is 14.9 Å². The zero-order chi connectivity index (χ0) is 28.0. The van der Waals surface area contributed by atoms with Gasteiger partial charge in [-0.2, -0.15) is 5.26 Å². The zero-order valence-electron chi connectivity index (χ0n) is 21.7. The SMILES string of the molecule is CCc1nc2ccc(-c3ccc(N4CC(C(=O)O)C4)nc3)cn2c1N(C)c1nc(-c2ccc(F)cc2)c(C#N)s1. The second-order valence-corrected chi connectivity index (χ2v) is 10.6. The zero-order valence-corrected chi connectivity index (χ0v) is 22.6. The summed E-state index contributed by atoms with van der Waals surface area (Å²) in [6, 6.07) is 16.0. The Morgan fingerprint density at radius 3 is 2.50 bits per heavy atom. The highest BCUT2D eigenvalue weighted by Crippen LogP contribution is 2.37. The number of aryl methyl sites for hydroxylation is 1. The van der Waals surface area contributed by atoms with Crippen LogP contribution in [0.15, 0.2) is 60.9 Å². The number of nitrogens with zero attached hydrogens (tertiary/aromatic N) is 7. The quantitative estimate of drug-likeness (QED) is 0.286. The van der Waals surface area contributed by atoms with E-state index in [4.69, 9.17) is 15.1 Å². The van der Waals surface area contributed by atoms with Crippen molar-refractivity contribution in [3.63, 3.8) is 0 Å². The number of thiazole rings is 1. The van der Waals surface area contributed by atoms with Crippen molar-refractivity contribution in [3.8, 4) is 28.5 Å². The number of aliphatic carboxylic acids is 1. The summed E-state index contributed by atoms with van der Waals surface area (Å²) in [5.41, 5.74) is 4.72. The average Bonchev–Trinajstić information content (AvgIpc) is 3.54. The fourth-order valence-electron chi connectivity index (χ4n) is 4.83. The Morgan fingerprint density at radius 1 is 1.12 bits per heavy atom. The normalized spacial score (nSPS) is 13.3. The van der Waals surface area contributed by atoms with Gasteiger partial charge in [0.1, 0.15) is 39.7 Å². The van der Waals surface area contributed by atoms with Crippen molar-refractivity contribution in [2.24, 2.45) is 5.92 Å². The van der Waals surface area contributed by atoms with E-state index in [9.17, 15) is 14.4 Å². The lowest BCUT2D eigenvalue weighted by Gasteiger charge is -2.37. The molecule has 200 valence electrons. The molecule has 1 aromatic carbocycles. The summed E-state index contributed by atoms with van der Waals surface area (Å²) in [7, 11) is 1.90. The van der Waals surface area contributed by atoms with Crippen molar-refractivity contribution in [1.29, 1.82) is 5.26 Å². The van der Waals surface area contributed by atoms with Crippen molar-refractivity contribution in [1.82, 2.24) is 19.4 Å². The first kappa shape index (κ1) is 25.5. The highest BCUT2D eigenvalue weighted by Gasteiger charge is 2.33. The van der Waals surface area contributed by atoms with Crippen LogP contribution in [0.4, 0.5) is 21.2 Å². The maximum Gasteiger partial charge on any atom is 0.310 e. The van der Waals surface area contributed by atoms with Gasteiger partial charge in [0.25, 0.3) is 0 Å². The molecule has 0 aliphatic carbocycles. The Hall–Kier alpha value is -4.82. The van der Waals surface area contributed by atoms with Gasteiger partial charge in [-0.25, -0.2) is 19.3 Å². The number of nitriles is 1. The molecule has 1 aliphatic heterocycles. The maximum absolute atomic E-state index is 13.5. The average molecular weight is 554 g/mol. The van der Waals surface area contributed by atoms with E-state index in [1.165, 1.54) is 23.5 Å². The predicted molar refractivity (Wildman–Crippen MR) is 151 cm³/mol. The molecule has 0 amide bonds. The highest BCUT2D eigenvalue weighted by atomic mass is 32.1. The molecule has 0 bridgehead atoms. The molecular weight excluding hydrogens is 529 g/mol. The van der Waals surface area contributed by atoms with E-state index in [2.05, 4.69) is 11.1 Å². The summed E-state index contributed by atoms with van der Waals surface area (Å²) in [6.07, 6.45) is 4.50. The molecule has 0 atom stereocenters. The molecule has 40 heavy (non-hydrogen) atoms. The third-order valence-electron chi connectivity index (χ3n) is 7.07. The second kappa shape index (κ2) is 10.1. The van der Waals surface area contributed by atoms with E-state index < -0.39 is 5.97 Å². The minimum absolute atomic E-state index is 0.345. The van der Waals surface area contributed by atoms with Gasteiger partial charge in [-0.1, -0.05) is 18.3 Å². The van der Waals surface area contributed by atoms with E-state index >= 15 is 0 Å². The maximum atomic E-state index is 13.5. The number of rotatable bonds is 7. The number of benzene rings is 1. The fraction of sp³-hybridized carbons (Fsp3) is 0.207. The van der Waals surface area contributed by atoms with Gasteiger partial charge in [0.15, 0.2) is 5.13 Å². The molecule has 1 N–H and O–H groups in total. The number of imidazole rings is 1. The van der Waals surface area contributed by atoms with Crippen molar-refractivity contribution in [2.75, 3.05) is 29.9 Å². The van der Waals surface area contributed by atoms with Crippen LogP contribution in [-0.2, 0) is 11.2 Å². The number of aromatic nitrogens is 4. The van der Waals surface area contributed by atoms with Crippen molar-refractivity contribution >= 4 is 39.7 Å². The standard InChI is InChI=1S/C29H24FN7O2S/c1-3-22-27(35(2)29-34-26(23(12-31)40-29)17-4-8-21(30)9-5-17)37-16-19(7-11-25(37)33-22)18-6-10-24(32-13-18)36-14-20(15-36)28(38)39/h4-11,13,16,20H,3,14-15H2,1-2H3,(H,38,39). The summed E-state index contributed by atoms with van der Waals surface area (Å²) in [5, 5.41) is 19.5. The molecule has 0 unspecified atom stereocenters. The first-order chi connectivity index (χ1) is 19.4. The predicted octanol–water partition coefficient (Wildman–Crippen LogP) is 5.38. The number of fused-ring (bicyclic) bond motifs is 1. The molecule has 1 aliphatic rings. The Balaban J connectivity index is 1.34. The van der Waals surface area contributed by atoms with E-state index in [-0.39, 0.29) is 11.7 Å². The lowest BCUT2D eigenvalue weighted by atomic mass is 10.0. The Kier molecular flexibility index (Phi) is 6.40. The Labute approximate surface area is 233 Å². The number of carboxylic acids is 1. The number of anilines is 3. The van der Waals surface area contributed by atoms with Gasteiger partial charge in [0.2, 0.25) is 0 Å². The molecule has 5 heterocycles. The van der Waals surface area contributed by atoms with Crippen molar-refractivity contribution in [3.05, 3.63) is 77.3 Å². The molecule has 0 saturated carbocycles. The van der Waals surface area contributed by atoms with Gasteiger partial charge >= 0.3 is 5.97 Å². The number of carbonyl (C=O) groups is 1. The molecule has 9 nitrogen and oxygen atoms in total. The van der Waals surface area contributed by atoms with Gasteiger partial charge in [0, 0.05) is 49.2 Å². The smallest absolute Gasteiger partial charge is 0.310 e. The van der Waals surface area contributed by atoms with Crippen LogP contribution >= 0.6 is 11.3 Å². The molecule has 5 aromatic rings. The van der Waals surface area contributed by atoms with Gasteiger partial charge in [0.05, 0.1) is 11.6 Å². The number of hydrogen-bond donors (Lipinski definition) is 1. The van der Waals surface area contributed by atoms with Gasteiger partial charge in [-0.3, -0.25) is 9.20 Å². The minimum Gasteiger partial charge on any atom is -0.481 e. The van der Waals surface area contributed by atoms with Crippen molar-refractivity contribution < 1.29 is 14.3 Å². The first-order valence-electron chi connectivity index (χ1n) is 12.7. The van der Waals surface area contributed by atoms with Crippen LogP contribution in [-0.4, -0.2) is 50.6 Å². The van der Waals surface area contributed by atoms with Crippen LogP contribution in [0.1, 0.15) is 17.5 Å². The summed E-state index contributed by atoms with van der Waals surface area (Å²) in [4.78, 5) is 29.6. The molecule has 11 heteroatoms. The molecule has 4 aromatic heterocycles. The largest absolute Gasteiger partial charge is 0.481 e. The monoisotopic (exact) mass is 553 g/mol. The van der Waals surface area contributed by atoms with Crippen LogP contribution < -0.4 is 9.80 Å². The fourth-order valence-corrected chi connectivity index (χ4v) is 5.68. The molecule has 0 radical (unpaired) electrons. The Morgan fingerprint density at radius 2 is 1.85 bits per heavy atom. The Bertz CT molecular complexity index is 1770. The van der Waals surface area contributed by atoms with E-state index in [0.29, 0.717) is 40.8 Å². The van der Waals surface area contributed by atoms with Crippen molar-refractivity contribution in [2.45, 2.75) is 13.3 Å². The number of halogens is 1. The second-order valence-electron chi connectivity index (χ2n) is 9.58. The molecule has 1 saturated heterocycles. The topological polar surface area (TPSA) is 111 Å². The van der Waals surface area contributed by atoms with Crippen LogP contribution in [0, 0.1) is 23.1 Å². The van der Waals surface area contributed by atoms with Crippen LogP contribution in [0.5, 0.6) is 0 Å². The van der Waals surface area contributed by atoms with Gasteiger partial charge in [-0.05, 0) is 55.0 Å². The van der Waals surface area contributed by atoms with Crippen LogP contribution in [0.2, 0.25) is 0 Å². The molecular formula is C29H24FN7O2S. The van der Waals surface area contributed by atoms with E-state index in [0.717, 1.165) is 34.1 Å². The number of hydrogen-bond acceptors (Lipinski definition) is 8. The highest BCUT2D eigenvalue weighted by molar-refractivity contribution is 7.16. The number of pyridine rings is 2. The first-order valence-corrected chi connectivity index (χ1v) is 13.5. The third-order valence-corrected chi connectivity index (χ3v) is 8.11.